The van der Waals surface area contributed by atoms with Crippen LogP contribution in [0.15, 0.2) is 60.3 Å². The number of methoxy groups -OCH3 is 1. The van der Waals surface area contributed by atoms with Crippen LogP contribution in [0.25, 0.3) is 0 Å². The number of aryl methyl sites for hydroxylation is 1. The number of carbonyl (C=O) groups is 1. The zero-order chi connectivity index (χ0) is 18.2. The predicted molar refractivity (Wildman–Crippen MR) is 102 cm³/mol. The predicted octanol–water partition coefficient (Wildman–Crippen LogP) is 4.65. The van der Waals surface area contributed by atoms with E-state index in [2.05, 4.69) is 69.0 Å². The van der Waals surface area contributed by atoms with E-state index in [1.807, 2.05) is 18.2 Å². The molecule has 1 aliphatic heterocycles. The monoisotopic (exact) mass is 337 g/mol. The molecule has 0 spiro atoms. The third-order valence-electron chi connectivity index (χ3n) is 5.11. The summed E-state index contributed by atoms with van der Waals surface area (Å²) in [6.07, 6.45) is 10.4. The van der Waals surface area contributed by atoms with Crippen molar-refractivity contribution in [2.75, 3.05) is 12.0 Å². The van der Waals surface area contributed by atoms with Gasteiger partial charge in [0, 0.05) is 17.3 Å². The molecule has 0 radical (unpaired) electrons. The van der Waals surface area contributed by atoms with Crippen LogP contribution < -0.4 is 4.90 Å². The average molecular weight is 337 g/mol. The molecule has 1 unspecified atom stereocenters. The molecule has 0 amide bonds. The van der Waals surface area contributed by atoms with Gasteiger partial charge in [0.2, 0.25) is 0 Å². The van der Waals surface area contributed by atoms with Crippen molar-refractivity contribution in [1.82, 2.24) is 0 Å². The first-order valence-electron chi connectivity index (χ1n) is 8.83. The number of hydrogen-bond donors (Lipinski definition) is 0. The lowest BCUT2D eigenvalue weighted by Gasteiger charge is -2.39. The first kappa shape index (κ1) is 17.5. The molecule has 0 aromatic heterocycles. The van der Waals surface area contributed by atoms with E-state index in [4.69, 9.17) is 4.74 Å². The molecule has 1 heterocycles. The van der Waals surface area contributed by atoms with Crippen LogP contribution >= 0.6 is 0 Å². The van der Waals surface area contributed by atoms with Crippen molar-refractivity contribution in [3.05, 3.63) is 65.9 Å². The van der Waals surface area contributed by atoms with Crippen LogP contribution in [0.4, 0.5) is 5.69 Å². The number of rotatable bonds is 2. The molecule has 1 aliphatic carbocycles. The maximum atomic E-state index is 12.7. The summed E-state index contributed by atoms with van der Waals surface area (Å²) in [5, 5.41) is 0. The fourth-order valence-corrected chi connectivity index (χ4v) is 4.03. The van der Waals surface area contributed by atoms with Crippen LogP contribution in [-0.2, 0) is 9.53 Å². The molecule has 1 saturated heterocycles. The second-order valence-electron chi connectivity index (χ2n) is 7.95. The van der Waals surface area contributed by atoms with E-state index in [1.54, 1.807) is 0 Å². The van der Waals surface area contributed by atoms with Crippen LogP contribution in [0.5, 0.6) is 0 Å². The highest BCUT2D eigenvalue weighted by molar-refractivity contribution is 5.79. The Labute approximate surface area is 150 Å². The van der Waals surface area contributed by atoms with Crippen LogP contribution in [-0.4, -0.2) is 19.1 Å². The molecule has 132 valence electrons. The molecule has 2 aliphatic rings. The summed E-state index contributed by atoms with van der Waals surface area (Å²) < 4.78 is 5.21. The Morgan fingerprint density at radius 2 is 1.76 bits per heavy atom. The zero-order valence-corrected chi connectivity index (χ0v) is 15.7. The van der Waals surface area contributed by atoms with E-state index < -0.39 is 0 Å². The minimum atomic E-state index is -0.228. The Morgan fingerprint density at radius 3 is 2.36 bits per heavy atom. The lowest BCUT2D eigenvalue weighted by molar-refractivity contribution is -0.147. The quantitative estimate of drug-likeness (QED) is 0.736. The van der Waals surface area contributed by atoms with Gasteiger partial charge in [0.1, 0.15) is 0 Å². The molecule has 1 aromatic rings. The zero-order valence-electron chi connectivity index (χ0n) is 15.7. The lowest BCUT2D eigenvalue weighted by Crippen LogP contribution is -2.45. The molecule has 0 bridgehead atoms. The topological polar surface area (TPSA) is 29.5 Å². The Hall–Kier alpha value is -2.29. The number of carbonyl (C=O) groups excluding carboxylic acids is 1. The molecule has 3 atom stereocenters. The van der Waals surface area contributed by atoms with Crippen LogP contribution in [0.3, 0.4) is 0 Å². The van der Waals surface area contributed by atoms with E-state index in [-0.39, 0.29) is 29.3 Å². The van der Waals surface area contributed by atoms with E-state index in [0.717, 1.165) is 11.4 Å². The average Bonchev–Trinajstić information content (AvgIpc) is 2.72. The van der Waals surface area contributed by atoms with Gasteiger partial charge < -0.3 is 9.64 Å². The van der Waals surface area contributed by atoms with Crippen molar-refractivity contribution in [2.24, 2.45) is 17.3 Å². The minimum Gasteiger partial charge on any atom is -0.469 e. The first-order chi connectivity index (χ1) is 11.8. The lowest BCUT2D eigenvalue weighted by atomic mass is 9.76. The van der Waals surface area contributed by atoms with E-state index in [1.165, 1.54) is 12.7 Å². The van der Waals surface area contributed by atoms with Crippen molar-refractivity contribution in [3.8, 4) is 0 Å². The summed E-state index contributed by atoms with van der Waals surface area (Å²) in [6, 6.07) is 8.56. The third-order valence-corrected chi connectivity index (χ3v) is 5.11. The van der Waals surface area contributed by atoms with Gasteiger partial charge in [-0.15, -0.1) is 0 Å². The van der Waals surface area contributed by atoms with Gasteiger partial charge in [-0.2, -0.15) is 0 Å². The standard InChI is InChI=1S/C22H27NO2/c1-15-11-13-16(14-12-15)23-18-10-8-6-7-9-17(18)19(21(24)25-5)20(23)22(2,3)4/h6-14,17,19-20H,1-5H3/t17?,19-,20-/m1/s1. The summed E-state index contributed by atoms with van der Waals surface area (Å²) in [4.78, 5) is 15.1. The van der Waals surface area contributed by atoms with Crippen LogP contribution in [0, 0.1) is 24.2 Å². The molecule has 0 N–H and O–H groups in total. The molecule has 3 nitrogen and oxygen atoms in total. The highest BCUT2D eigenvalue weighted by atomic mass is 16.5. The molecule has 1 aromatic carbocycles. The summed E-state index contributed by atoms with van der Waals surface area (Å²) in [5.41, 5.74) is 3.42. The molecule has 3 heteroatoms. The van der Waals surface area contributed by atoms with Crippen LogP contribution in [0.2, 0.25) is 0 Å². The Kier molecular flexibility index (Phi) is 4.59. The van der Waals surface area contributed by atoms with E-state index in [0.29, 0.717) is 0 Å². The van der Waals surface area contributed by atoms with Gasteiger partial charge >= 0.3 is 5.97 Å². The Balaban J connectivity index is 2.19. The molecule has 3 rings (SSSR count). The number of allylic oxidation sites excluding steroid dienone is 5. The van der Waals surface area contributed by atoms with Crippen molar-refractivity contribution >= 4 is 11.7 Å². The smallest absolute Gasteiger partial charge is 0.311 e. The highest BCUT2D eigenvalue weighted by Gasteiger charge is 2.53. The van der Waals surface area contributed by atoms with Gasteiger partial charge in [0.15, 0.2) is 0 Å². The molecule has 1 fully saturated rings. The van der Waals surface area contributed by atoms with Gasteiger partial charge in [-0.25, -0.2) is 0 Å². The summed E-state index contributed by atoms with van der Waals surface area (Å²) in [6.45, 7) is 8.67. The number of benzene rings is 1. The Bertz CT molecular complexity index is 734. The third kappa shape index (κ3) is 3.15. The first-order valence-corrected chi connectivity index (χ1v) is 8.83. The number of esters is 1. The maximum Gasteiger partial charge on any atom is 0.311 e. The molecule has 0 saturated carbocycles. The summed E-state index contributed by atoms with van der Waals surface area (Å²) >= 11 is 0. The van der Waals surface area contributed by atoms with Gasteiger partial charge in [-0.05, 0) is 30.5 Å². The van der Waals surface area contributed by atoms with E-state index >= 15 is 0 Å². The molecular formula is C22H27NO2. The van der Waals surface area contributed by atoms with Gasteiger partial charge in [-0.1, -0.05) is 62.8 Å². The number of ether oxygens (including phenoxy) is 1. The second-order valence-corrected chi connectivity index (χ2v) is 7.95. The van der Waals surface area contributed by atoms with Crippen LogP contribution in [0.1, 0.15) is 26.3 Å². The van der Waals surface area contributed by atoms with Gasteiger partial charge in [-0.3, -0.25) is 4.79 Å². The molecular weight excluding hydrogens is 310 g/mol. The summed E-state index contributed by atoms with van der Waals surface area (Å²) in [5.74, 6) is -0.348. The summed E-state index contributed by atoms with van der Waals surface area (Å²) in [7, 11) is 1.48. The fourth-order valence-electron chi connectivity index (χ4n) is 4.03. The van der Waals surface area contributed by atoms with E-state index in [9.17, 15) is 4.79 Å². The number of fused-ring (bicyclic) bond motifs is 1. The minimum absolute atomic E-state index is 0.0213. The van der Waals surface area contributed by atoms with Gasteiger partial charge in [0.25, 0.3) is 0 Å². The second kappa shape index (κ2) is 6.55. The van der Waals surface area contributed by atoms with Gasteiger partial charge in [0.05, 0.1) is 19.1 Å². The Morgan fingerprint density at radius 1 is 1.08 bits per heavy atom. The highest BCUT2D eigenvalue weighted by Crippen LogP contribution is 2.49. The molecule has 25 heavy (non-hydrogen) atoms. The number of anilines is 1. The number of nitrogens with zero attached hydrogens (tertiary/aromatic N) is 1. The number of hydrogen-bond acceptors (Lipinski definition) is 3. The van der Waals surface area contributed by atoms with Crippen molar-refractivity contribution in [3.63, 3.8) is 0 Å². The maximum absolute atomic E-state index is 12.7. The SMILES string of the molecule is COC(=O)[C@@H]1C2C=CC=CC=C2N(c2ccc(C)cc2)[C@H]1C(C)(C)C. The fraction of sp³-hybridized carbons (Fsp3) is 0.409. The van der Waals surface area contributed by atoms with Crippen molar-refractivity contribution in [2.45, 2.75) is 33.7 Å². The largest absolute Gasteiger partial charge is 0.469 e. The van der Waals surface area contributed by atoms with Crippen molar-refractivity contribution in [1.29, 1.82) is 0 Å². The normalized spacial score (nSPS) is 25.4. The van der Waals surface area contributed by atoms with Crippen molar-refractivity contribution < 1.29 is 9.53 Å².